The third kappa shape index (κ3) is 3.55. The van der Waals surface area contributed by atoms with Gasteiger partial charge in [0.25, 0.3) is 0 Å². The number of anilines is 2. The summed E-state index contributed by atoms with van der Waals surface area (Å²) in [6.45, 7) is 1.21. The van der Waals surface area contributed by atoms with Gasteiger partial charge in [-0.15, -0.1) is 0 Å². The molecule has 4 heteroatoms. The number of methoxy groups -OCH3 is 1. The molecular formula is C15H18N2O2. The Hall–Kier alpha value is -2.36. The molecule has 0 saturated heterocycles. The van der Waals surface area contributed by atoms with Gasteiger partial charge in [-0.2, -0.15) is 0 Å². The van der Waals surface area contributed by atoms with Crippen LogP contribution in [0.25, 0.3) is 0 Å². The molecule has 2 aromatic carbocycles. The highest BCUT2D eigenvalue weighted by Crippen LogP contribution is 2.25. The minimum Gasteiger partial charge on any atom is -0.493 e. The monoisotopic (exact) mass is 258 g/mol. The summed E-state index contributed by atoms with van der Waals surface area (Å²) in [6, 6.07) is 15.2. The first-order valence-electron chi connectivity index (χ1n) is 6.15. The van der Waals surface area contributed by atoms with E-state index in [1.807, 2.05) is 48.5 Å². The van der Waals surface area contributed by atoms with Gasteiger partial charge in [-0.05, 0) is 24.3 Å². The Balaban J connectivity index is 1.83. The molecule has 2 rings (SSSR count). The number of hydrogen-bond donors (Lipinski definition) is 2. The molecule has 0 atom stereocenters. The molecule has 0 spiro atoms. The number of para-hydroxylation sites is 4. The van der Waals surface area contributed by atoms with Gasteiger partial charge in [-0.25, -0.2) is 0 Å². The molecule has 0 radical (unpaired) electrons. The van der Waals surface area contributed by atoms with Gasteiger partial charge in [0.15, 0.2) is 11.5 Å². The van der Waals surface area contributed by atoms with Gasteiger partial charge in [0, 0.05) is 6.54 Å². The Kier molecular flexibility index (Phi) is 4.50. The van der Waals surface area contributed by atoms with E-state index in [9.17, 15) is 0 Å². The number of nitrogens with two attached hydrogens (primary N) is 1. The fraction of sp³-hybridized carbons (Fsp3) is 0.200. The molecule has 0 aliphatic heterocycles. The van der Waals surface area contributed by atoms with Gasteiger partial charge in [0.1, 0.15) is 6.61 Å². The number of hydrogen-bond acceptors (Lipinski definition) is 4. The predicted molar refractivity (Wildman–Crippen MR) is 77.8 cm³/mol. The van der Waals surface area contributed by atoms with Crippen LogP contribution in [0.3, 0.4) is 0 Å². The van der Waals surface area contributed by atoms with Crippen molar-refractivity contribution in [1.82, 2.24) is 0 Å². The molecule has 0 heterocycles. The average molecular weight is 258 g/mol. The van der Waals surface area contributed by atoms with Crippen LogP contribution >= 0.6 is 0 Å². The van der Waals surface area contributed by atoms with Crippen LogP contribution < -0.4 is 20.5 Å². The summed E-state index contributed by atoms with van der Waals surface area (Å²) in [5, 5.41) is 3.23. The van der Waals surface area contributed by atoms with E-state index >= 15 is 0 Å². The molecule has 0 unspecified atom stereocenters. The lowest BCUT2D eigenvalue weighted by molar-refractivity contribution is 0.306. The van der Waals surface area contributed by atoms with Gasteiger partial charge in [-0.1, -0.05) is 24.3 Å². The van der Waals surface area contributed by atoms with Crippen LogP contribution in [-0.2, 0) is 0 Å². The quantitative estimate of drug-likeness (QED) is 0.618. The van der Waals surface area contributed by atoms with Crippen molar-refractivity contribution in [2.24, 2.45) is 0 Å². The van der Waals surface area contributed by atoms with Gasteiger partial charge >= 0.3 is 0 Å². The highest BCUT2D eigenvalue weighted by atomic mass is 16.5. The Morgan fingerprint density at radius 3 is 2.42 bits per heavy atom. The minimum absolute atomic E-state index is 0.536. The molecular weight excluding hydrogens is 240 g/mol. The van der Waals surface area contributed by atoms with E-state index in [1.54, 1.807) is 7.11 Å². The largest absolute Gasteiger partial charge is 0.493 e. The number of nitrogen functional groups attached to an aromatic ring is 1. The SMILES string of the molecule is COc1ccccc1OCCNc1ccccc1N. The average Bonchev–Trinajstić information content (AvgIpc) is 2.45. The Morgan fingerprint density at radius 2 is 1.68 bits per heavy atom. The van der Waals surface area contributed by atoms with Gasteiger partial charge in [-0.3, -0.25) is 0 Å². The molecule has 0 bridgehead atoms. The molecule has 4 nitrogen and oxygen atoms in total. The van der Waals surface area contributed by atoms with Crippen LogP contribution in [0.4, 0.5) is 11.4 Å². The van der Waals surface area contributed by atoms with E-state index in [-0.39, 0.29) is 0 Å². The van der Waals surface area contributed by atoms with Crippen molar-refractivity contribution in [2.45, 2.75) is 0 Å². The van der Waals surface area contributed by atoms with Crippen LogP contribution in [0.1, 0.15) is 0 Å². The van der Waals surface area contributed by atoms with Crippen molar-refractivity contribution < 1.29 is 9.47 Å². The number of benzene rings is 2. The maximum Gasteiger partial charge on any atom is 0.161 e. The van der Waals surface area contributed by atoms with E-state index < -0.39 is 0 Å². The van der Waals surface area contributed by atoms with E-state index in [1.165, 1.54) is 0 Å². The molecule has 0 saturated carbocycles. The van der Waals surface area contributed by atoms with Crippen LogP contribution in [-0.4, -0.2) is 20.3 Å². The molecule has 0 fully saturated rings. The fourth-order valence-electron chi connectivity index (χ4n) is 1.74. The molecule has 0 amide bonds. The lowest BCUT2D eigenvalue weighted by Gasteiger charge is -2.12. The summed E-state index contributed by atoms with van der Waals surface area (Å²) in [5.74, 6) is 1.48. The van der Waals surface area contributed by atoms with E-state index in [0.717, 1.165) is 22.9 Å². The fourth-order valence-corrected chi connectivity index (χ4v) is 1.74. The predicted octanol–water partition coefficient (Wildman–Crippen LogP) is 2.77. The topological polar surface area (TPSA) is 56.5 Å². The highest BCUT2D eigenvalue weighted by Gasteiger charge is 2.02. The van der Waals surface area contributed by atoms with Crippen LogP contribution in [0, 0.1) is 0 Å². The first-order chi connectivity index (χ1) is 9.31. The number of nitrogens with one attached hydrogen (secondary N) is 1. The normalized spacial score (nSPS) is 9.95. The Morgan fingerprint density at radius 1 is 1.00 bits per heavy atom. The first kappa shape index (κ1) is 13.1. The van der Waals surface area contributed by atoms with E-state index in [0.29, 0.717) is 13.2 Å². The highest BCUT2D eigenvalue weighted by molar-refractivity contribution is 5.65. The summed E-state index contributed by atoms with van der Waals surface area (Å²) in [7, 11) is 1.63. The van der Waals surface area contributed by atoms with Crippen molar-refractivity contribution in [2.75, 3.05) is 31.3 Å². The standard InChI is InChI=1S/C15H18N2O2/c1-18-14-8-4-5-9-15(14)19-11-10-17-13-7-3-2-6-12(13)16/h2-9,17H,10-11,16H2,1H3. The third-order valence-electron chi connectivity index (χ3n) is 2.70. The van der Waals surface area contributed by atoms with Gasteiger partial charge < -0.3 is 20.5 Å². The van der Waals surface area contributed by atoms with Crippen molar-refractivity contribution >= 4 is 11.4 Å². The maximum atomic E-state index is 5.84. The molecule has 0 aliphatic carbocycles. The van der Waals surface area contributed by atoms with Gasteiger partial charge in [0.2, 0.25) is 0 Å². The second-order valence-corrected chi connectivity index (χ2v) is 4.01. The van der Waals surface area contributed by atoms with E-state index in [4.69, 9.17) is 15.2 Å². The van der Waals surface area contributed by atoms with Crippen LogP contribution in [0.2, 0.25) is 0 Å². The van der Waals surface area contributed by atoms with Crippen molar-refractivity contribution in [1.29, 1.82) is 0 Å². The lowest BCUT2D eigenvalue weighted by atomic mass is 10.3. The maximum absolute atomic E-state index is 5.84. The molecule has 3 N–H and O–H groups in total. The van der Waals surface area contributed by atoms with E-state index in [2.05, 4.69) is 5.32 Å². The molecule has 0 aromatic heterocycles. The minimum atomic E-state index is 0.536. The summed E-state index contributed by atoms with van der Waals surface area (Å²) in [5.41, 5.74) is 7.49. The zero-order valence-corrected chi connectivity index (χ0v) is 10.9. The molecule has 19 heavy (non-hydrogen) atoms. The van der Waals surface area contributed by atoms with Crippen molar-refractivity contribution in [3.63, 3.8) is 0 Å². The van der Waals surface area contributed by atoms with Crippen LogP contribution in [0.15, 0.2) is 48.5 Å². The smallest absolute Gasteiger partial charge is 0.161 e. The number of rotatable bonds is 6. The molecule has 2 aromatic rings. The second-order valence-electron chi connectivity index (χ2n) is 4.01. The van der Waals surface area contributed by atoms with Crippen molar-refractivity contribution in [3.8, 4) is 11.5 Å². The summed E-state index contributed by atoms with van der Waals surface area (Å²) >= 11 is 0. The first-order valence-corrected chi connectivity index (χ1v) is 6.15. The Labute approximate surface area is 113 Å². The zero-order chi connectivity index (χ0) is 13.5. The third-order valence-corrected chi connectivity index (χ3v) is 2.70. The summed E-state index contributed by atoms with van der Waals surface area (Å²) in [6.07, 6.45) is 0. The lowest BCUT2D eigenvalue weighted by Crippen LogP contribution is -2.12. The van der Waals surface area contributed by atoms with Crippen molar-refractivity contribution in [3.05, 3.63) is 48.5 Å². The zero-order valence-electron chi connectivity index (χ0n) is 10.9. The second kappa shape index (κ2) is 6.54. The Bertz CT molecular complexity index is 529. The summed E-state index contributed by atoms with van der Waals surface area (Å²) < 4.78 is 10.9. The van der Waals surface area contributed by atoms with Crippen LogP contribution in [0.5, 0.6) is 11.5 Å². The number of ether oxygens (including phenoxy) is 2. The van der Waals surface area contributed by atoms with Gasteiger partial charge in [0.05, 0.1) is 18.5 Å². The molecule has 0 aliphatic rings. The summed E-state index contributed by atoms with van der Waals surface area (Å²) in [4.78, 5) is 0. The molecule has 100 valence electrons.